The fourth-order valence-corrected chi connectivity index (χ4v) is 6.13. The van der Waals surface area contributed by atoms with E-state index in [-0.39, 0.29) is 18.0 Å². The van der Waals surface area contributed by atoms with Crippen LogP contribution < -0.4 is 4.72 Å². The molecule has 24 heavy (non-hydrogen) atoms. The SMILES string of the molecule is CS(=O)(=O)N[C@H]1CCN(S(=O)(=O)c2csnc2-c2ccccc2)C1. The number of hydrogen-bond donors (Lipinski definition) is 1. The van der Waals surface area contributed by atoms with E-state index >= 15 is 0 Å². The van der Waals surface area contributed by atoms with Gasteiger partial charge in [0.1, 0.15) is 10.6 Å². The zero-order valence-corrected chi connectivity index (χ0v) is 15.4. The van der Waals surface area contributed by atoms with E-state index in [1.54, 1.807) is 0 Å². The average Bonchev–Trinajstić information content (AvgIpc) is 3.15. The van der Waals surface area contributed by atoms with Gasteiger partial charge in [-0.05, 0) is 18.0 Å². The van der Waals surface area contributed by atoms with Gasteiger partial charge in [0, 0.05) is 30.1 Å². The molecular formula is C14H17N3O4S3. The van der Waals surface area contributed by atoms with Gasteiger partial charge in [-0.25, -0.2) is 21.6 Å². The quantitative estimate of drug-likeness (QED) is 0.829. The molecule has 0 bridgehead atoms. The average molecular weight is 388 g/mol. The molecule has 1 atom stereocenters. The molecule has 1 saturated heterocycles. The van der Waals surface area contributed by atoms with Crippen molar-refractivity contribution in [3.8, 4) is 11.3 Å². The normalized spacial score (nSPS) is 19.6. The highest BCUT2D eigenvalue weighted by Crippen LogP contribution is 2.31. The molecule has 0 amide bonds. The molecule has 1 aliphatic rings. The van der Waals surface area contributed by atoms with Crippen molar-refractivity contribution >= 4 is 31.6 Å². The Hall–Kier alpha value is -1.33. The van der Waals surface area contributed by atoms with Gasteiger partial charge in [0.05, 0.1) is 6.26 Å². The molecule has 1 aromatic carbocycles. The monoisotopic (exact) mass is 387 g/mol. The van der Waals surface area contributed by atoms with Crippen LogP contribution in [0.1, 0.15) is 6.42 Å². The van der Waals surface area contributed by atoms with Crippen molar-refractivity contribution in [3.05, 3.63) is 35.7 Å². The summed E-state index contributed by atoms with van der Waals surface area (Å²) in [5.41, 5.74) is 1.17. The van der Waals surface area contributed by atoms with E-state index in [1.165, 1.54) is 9.69 Å². The summed E-state index contributed by atoms with van der Waals surface area (Å²) in [6.45, 7) is 0.402. The fraction of sp³-hybridized carbons (Fsp3) is 0.357. The molecule has 10 heteroatoms. The molecule has 1 N–H and O–H groups in total. The topological polar surface area (TPSA) is 96.4 Å². The lowest BCUT2D eigenvalue weighted by atomic mass is 10.2. The lowest BCUT2D eigenvalue weighted by Gasteiger charge is -2.16. The largest absolute Gasteiger partial charge is 0.246 e. The molecule has 0 aliphatic carbocycles. The third-order valence-corrected chi connectivity index (χ3v) is 7.15. The highest BCUT2D eigenvalue weighted by atomic mass is 32.2. The first-order valence-corrected chi connectivity index (χ1v) is 11.4. The number of nitrogens with one attached hydrogen (secondary N) is 1. The first-order valence-electron chi connectivity index (χ1n) is 7.24. The van der Waals surface area contributed by atoms with E-state index in [2.05, 4.69) is 9.10 Å². The molecule has 3 rings (SSSR count). The van der Waals surface area contributed by atoms with Crippen molar-refractivity contribution in [2.45, 2.75) is 17.4 Å². The highest BCUT2D eigenvalue weighted by Gasteiger charge is 2.35. The fourth-order valence-electron chi connectivity index (χ4n) is 2.69. The Morgan fingerprint density at radius 2 is 1.92 bits per heavy atom. The molecule has 1 aromatic heterocycles. The van der Waals surface area contributed by atoms with Crippen LogP contribution in [0.15, 0.2) is 40.6 Å². The number of nitrogens with zero attached hydrogens (tertiary/aromatic N) is 2. The molecule has 2 heterocycles. The zero-order valence-electron chi connectivity index (χ0n) is 12.9. The van der Waals surface area contributed by atoms with Crippen LogP contribution in [0.3, 0.4) is 0 Å². The predicted molar refractivity (Wildman–Crippen MR) is 92.7 cm³/mol. The summed E-state index contributed by atoms with van der Waals surface area (Å²) < 4.78 is 56.5. The Bertz CT molecular complexity index is 923. The van der Waals surface area contributed by atoms with Crippen LogP contribution in [0.4, 0.5) is 0 Å². The van der Waals surface area contributed by atoms with Crippen molar-refractivity contribution in [2.75, 3.05) is 19.3 Å². The van der Waals surface area contributed by atoms with Crippen LogP contribution in [-0.4, -0.2) is 50.9 Å². The maximum absolute atomic E-state index is 12.9. The lowest BCUT2D eigenvalue weighted by molar-refractivity contribution is 0.468. The molecule has 2 aromatic rings. The Labute approximate surface area is 145 Å². The summed E-state index contributed by atoms with van der Waals surface area (Å²) in [6.07, 6.45) is 1.52. The van der Waals surface area contributed by atoms with Gasteiger partial charge in [0.15, 0.2) is 0 Å². The van der Waals surface area contributed by atoms with Crippen LogP contribution >= 0.6 is 11.5 Å². The van der Waals surface area contributed by atoms with Crippen LogP contribution in [0.2, 0.25) is 0 Å². The number of rotatable bonds is 5. The highest BCUT2D eigenvalue weighted by molar-refractivity contribution is 7.89. The Morgan fingerprint density at radius 1 is 1.21 bits per heavy atom. The number of hydrogen-bond acceptors (Lipinski definition) is 6. The molecule has 1 fully saturated rings. The Morgan fingerprint density at radius 3 is 2.58 bits per heavy atom. The molecule has 0 radical (unpaired) electrons. The van der Waals surface area contributed by atoms with E-state index in [1.807, 2.05) is 30.3 Å². The van der Waals surface area contributed by atoms with Gasteiger partial charge in [0.25, 0.3) is 0 Å². The third kappa shape index (κ3) is 3.67. The Kier molecular flexibility index (Phi) is 4.76. The minimum Gasteiger partial charge on any atom is -0.213 e. The van der Waals surface area contributed by atoms with E-state index in [4.69, 9.17) is 0 Å². The van der Waals surface area contributed by atoms with Gasteiger partial charge in [-0.2, -0.15) is 8.68 Å². The van der Waals surface area contributed by atoms with Gasteiger partial charge < -0.3 is 0 Å². The second-order valence-corrected chi connectivity index (χ2v) is 9.95. The van der Waals surface area contributed by atoms with Crippen molar-refractivity contribution in [1.29, 1.82) is 0 Å². The number of aromatic nitrogens is 1. The minimum absolute atomic E-state index is 0.124. The van der Waals surface area contributed by atoms with Crippen molar-refractivity contribution < 1.29 is 16.8 Å². The minimum atomic E-state index is -3.72. The molecule has 0 saturated carbocycles. The van der Waals surface area contributed by atoms with Crippen molar-refractivity contribution in [1.82, 2.24) is 13.4 Å². The van der Waals surface area contributed by atoms with E-state index < -0.39 is 26.1 Å². The first kappa shape index (κ1) is 17.5. The van der Waals surface area contributed by atoms with Crippen molar-refractivity contribution in [2.24, 2.45) is 0 Å². The van der Waals surface area contributed by atoms with Gasteiger partial charge >= 0.3 is 0 Å². The van der Waals surface area contributed by atoms with Crippen LogP contribution in [0, 0.1) is 0 Å². The molecule has 130 valence electrons. The third-order valence-electron chi connectivity index (χ3n) is 3.73. The molecule has 1 aliphatic heterocycles. The molecular weight excluding hydrogens is 370 g/mol. The second-order valence-electron chi connectivity index (χ2n) is 5.63. The summed E-state index contributed by atoms with van der Waals surface area (Å²) in [4.78, 5) is 0.165. The smallest absolute Gasteiger partial charge is 0.213 e. The maximum atomic E-state index is 12.9. The van der Waals surface area contributed by atoms with Gasteiger partial charge in [0.2, 0.25) is 20.0 Å². The van der Waals surface area contributed by atoms with Crippen LogP contribution in [0.25, 0.3) is 11.3 Å². The first-order chi connectivity index (χ1) is 11.3. The van der Waals surface area contributed by atoms with Gasteiger partial charge in [-0.1, -0.05) is 30.3 Å². The summed E-state index contributed by atoms with van der Waals surface area (Å²) in [6, 6.07) is 8.73. The van der Waals surface area contributed by atoms with Crippen LogP contribution in [-0.2, 0) is 20.0 Å². The van der Waals surface area contributed by atoms with E-state index in [9.17, 15) is 16.8 Å². The predicted octanol–water partition coefficient (Wildman–Crippen LogP) is 1.12. The Balaban J connectivity index is 1.87. The molecule has 7 nitrogen and oxygen atoms in total. The summed E-state index contributed by atoms with van der Waals surface area (Å²) in [7, 11) is -7.08. The lowest BCUT2D eigenvalue weighted by Crippen LogP contribution is -2.37. The van der Waals surface area contributed by atoms with Gasteiger partial charge in [-0.15, -0.1) is 0 Å². The molecule has 0 spiro atoms. The molecule has 0 unspecified atom stereocenters. The van der Waals surface area contributed by atoms with Crippen LogP contribution in [0.5, 0.6) is 0 Å². The van der Waals surface area contributed by atoms with Gasteiger partial charge in [-0.3, -0.25) is 0 Å². The maximum Gasteiger partial charge on any atom is 0.246 e. The summed E-state index contributed by atoms with van der Waals surface area (Å²) in [5, 5.41) is 1.52. The summed E-state index contributed by atoms with van der Waals surface area (Å²) in [5.74, 6) is 0. The van der Waals surface area contributed by atoms with E-state index in [0.717, 1.165) is 23.4 Å². The number of benzene rings is 1. The van der Waals surface area contributed by atoms with Crippen molar-refractivity contribution in [3.63, 3.8) is 0 Å². The zero-order chi connectivity index (χ0) is 17.4. The number of sulfonamides is 2. The summed E-state index contributed by atoms with van der Waals surface area (Å²) >= 11 is 1.09. The standard InChI is InChI=1S/C14H17N3O4S3/c1-23(18,19)16-12-7-8-17(9-12)24(20,21)13-10-22-15-14(13)11-5-3-2-4-6-11/h2-6,10,12,16H,7-9H2,1H3/t12-/m0/s1. The second kappa shape index (κ2) is 6.52. The van der Waals surface area contributed by atoms with E-state index in [0.29, 0.717) is 12.1 Å².